The van der Waals surface area contributed by atoms with Gasteiger partial charge in [0.1, 0.15) is 0 Å². The van der Waals surface area contributed by atoms with Gasteiger partial charge in [-0.2, -0.15) is 5.26 Å². The van der Waals surface area contributed by atoms with E-state index in [1.807, 2.05) is 12.1 Å². The van der Waals surface area contributed by atoms with Crippen LogP contribution in [0.1, 0.15) is 21.5 Å². The quantitative estimate of drug-likeness (QED) is 0.637. The Labute approximate surface area is 148 Å². The van der Waals surface area contributed by atoms with Crippen molar-refractivity contribution in [3.8, 4) is 6.07 Å². The lowest BCUT2D eigenvalue weighted by atomic mass is 10.0. The zero-order valence-corrected chi connectivity index (χ0v) is 13.5. The van der Waals surface area contributed by atoms with Crippen molar-refractivity contribution < 1.29 is 19.8 Å². The fraction of sp³-hybridized carbons (Fsp3) is 0.0500. The zero-order chi connectivity index (χ0) is 18.7. The monoisotopic (exact) mass is 344 g/mol. The standard InChI is InChI=1S/C20H14N2O4/c21-10-15(13-5-7-14(8-6-13)20(25)26)9-16-11-22(12-19(23)24)18-4-2-1-3-17(16)18/h1-9,11H,12H2,(H,23,24)(H,25,26)/p-2/b15-9+. The predicted molar refractivity (Wildman–Crippen MR) is 91.2 cm³/mol. The lowest BCUT2D eigenvalue weighted by Crippen LogP contribution is -2.27. The lowest BCUT2D eigenvalue weighted by molar-refractivity contribution is -0.306. The maximum Gasteiger partial charge on any atom is 0.0998 e. The maximum absolute atomic E-state index is 11.0. The van der Waals surface area contributed by atoms with Crippen molar-refractivity contribution in [2.45, 2.75) is 6.54 Å². The van der Waals surface area contributed by atoms with Gasteiger partial charge >= 0.3 is 0 Å². The van der Waals surface area contributed by atoms with Crippen LogP contribution in [-0.2, 0) is 11.3 Å². The Kier molecular flexibility index (Phi) is 4.54. The third-order valence-corrected chi connectivity index (χ3v) is 3.97. The van der Waals surface area contributed by atoms with E-state index in [-0.39, 0.29) is 12.1 Å². The van der Waals surface area contributed by atoms with Crippen molar-refractivity contribution in [3.63, 3.8) is 0 Å². The largest absolute Gasteiger partial charge is 0.548 e. The molecule has 128 valence electrons. The van der Waals surface area contributed by atoms with Crippen LogP contribution in [0, 0.1) is 11.3 Å². The number of para-hydroxylation sites is 1. The van der Waals surface area contributed by atoms with E-state index < -0.39 is 11.9 Å². The molecular weight excluding hydrogens is 332 g/mol. The lowest BCUT2D eigenvalue weighted by Gasteiger charge is -2.05. The molecule has 0 radical (unpaired) electrons. The van der Waals surface area contributed by atoms with Crippen molar-refractivity contribution in [2.24, 2.45) is 0 Å². The van der Waals surface area contributed by atoms with Crippen molar-refractivity contribution in [1.82, 2.24) is 4.57 Å². The molecule has 0 amide bonds. The molecule has 0 saturated heterocycles. The van der Waals surface area contributed by atoms with Crippen LogP contribution in [0.5, 0.6) is 0 Å². The van der Waals surface area contributed by atoms with Gasteiger partial charge in [0.25, 0.3) is 0 Å². The second-order valence-corrected chi connectivity index (χ2v) is 5.64. The number of rotatable bonds is 5. The van der Waals surface area contributed by atoms with Crippen LogP contribution < -0.4 is 10.2 Å². The molecule has 0 atom stereocenters. The second-order valence-electron chi connectivity index (χ2n) is 5.64. The van der Waals surface area contributed by atoms with Crippen molar-refractivity contribution >= 4 is 34.5 Å². The van der Waals surface area contributed by atoms with E-state index in [4.69, 9.17) is 0 Å². The number of hydrogen-bond acceptors (Lipinski definition) is 5. The van der Waals surface area contributed by atoms with Gasteiger partial charge in [-0.15, -0.1) is 0 Å². The fourth-order valence-corrected chi connectivity index (χ4v) is 2.78. The molecule has 26 heavy (non-hydrogen) atoms. The number of fused-ring (bicyclic) bond motifs is 1. The number of nitriles is 1. The Hall–Kier alpha value is -3.85. The van der Waals surface area contributed by atoms with Crippen LogP contribution in [0.15, 0.2) is 54.7 Å². The minimum absolute atomic E-state index is 0.0246. The molecule has 0 unspecified atom stereocenters. The highest BCUT2D eigenvalue weighted by Crippen LogP contribution is 2.26. The van der Waals surface area contributed by atoms with Crippen molar-refractivity contribution in [2.75, 3.05) is 0 Å². The molecule has 0 fully saturated rings. The molecule has 0 N–H and O–H groups in total. The molecule has 1 heterocycles. The molecule has 3 aromatic rings. The Morgan fingerprint density at radius 1 is 1.04 bits per heavy atom. The Balaban J connectivity index is 2.08. The van der Waals surface area contributed by atoms with Gasteiger partial charge in [-0.05, 0) is 23.3 Å². The Morgan fingerprint density at radius 2 is 1.69 bits per heavy atom. The number of carboxylic acids is 2. The van der Waals surface area contributed by atoms with Gasteiger partial charge in [0.2, 0.25) is 0 Å². The molecular formula is C20H12N2O4-2. The molecule has 6 nitrogen and oxygen atoms in total. The van der Waals surface area contributed by atoms with E-state index in [1.54, 1.807) is 29.0 Å². The predicted octanol–water partition coefficient (Wildman–Crippen LogP) is 0.819. The smallest absolute Gasteiger partial charge is 0.0998 e. The molecule has 0 aliphatic heterocycles. The molecule has 0 spiro atoms. The minimum Gasteiger partial charge on any atom is -0.548 e. The van der Waals surface area contributed by atoms with Gasteiger partial charge in [-0.25, -0.2) is 0 Å². The summed E-state index contributed by atoms with van der Waals surface area (Å²) < 4.78 is 1.55. The average Bonchev–Trinajstić information content (AvgIpc) is 2.97. The maximum atomic E-state index is 11.0. The number of allylic oxidation sites excluding steroid dienone is 1. The molecule has 0 bridgehead atoms. The van der Waals surface area contributed by atoms with Crippen LogP contribution in [-0.4, -0.2) is 16.5 Å². The van der Waals surface area contributed by atoms with E-state index >= 15 is 0 Å². The summed E-state index contributed by atoms with van der Waals surface area (Å²) in [4.78, 5) is 21.8. The number of aliphatic carboxylic acids is 1. The number of nitrogens with zero attached hydrogens (tertiary/aromatic N) is 2. The van der Waals surface area contributed by atoms with Gasteiger partial charge in [0, 0.05) is 22.7 Å². The van der Waals surface area contributed by atoms with Gasteiger partial charge in [0.05, 0.1) is 30.1 Å². The number of hydrogen-bond donors (Lipinski definition) is 0. The van der Waals surface area contributed by atoms with Gasteiger partial charge < -0.3 is 24.4 Å². The Bertz CT molecular complexity index is 1070. The minimum atomic E-state index is -1.29. The first-order chi connectivity index (χ1) is 12.5. The molecule has 0 aliphatic carbocycles. The van der Waals surface area contributed by atoms with Gasteiger partial charge in [-0.1, -0.05) is 42.5 Å². The topological polar surface area (TPSA) is 109 Å². The highest BCUT2D eigenvalue weighted by Gasteiger charge is 2.09. The number of benzene rings is 2. The van der Waals surface area contributed by atoms with Crippen molar-refractivity contribution in [1.29, 1.82) is 5.26 Å². The molecule has 1 aromatic heterocycles. The van der Waals surface area contributed by atoms with Crippen LogP contribution >= 0.6 is 0 Å². The molecule has 2 aromatic carbocycles. The molecule has 6 heteroatoms. The summed E-state index contributed by atoms with van der Waals surface area (Å²) in [5.74, 6) is -2.50. The molecule has 0 aliphatic rings. The van der Waals surface area contributed by atoms with Crippen LogP contribution in [0.3, 0.4) is 0 Å². The normalized spacial score (nSPS) is 11.3. The highest BCUT2D eigenvalue weighted by molar-refractivity contribution is 5.98. The third-order valence-electron chi connectivity index (χ3n) is 3.97. The first kappa shape index (κ1) is 17.0. The van der Waals surface area contributed by atoms with Crippen LogP contribution in [0.25, 0.3) is 22.6 Å². The first-order valence-corrected chi connectivity index (χ1v) is 7.71. The number of carbonyl (C=O) groups is 2. The number of aromatic carboxylic acids is 1. The van der Waals surface area contributed by atoms with E-state index in [0.29, 0.717) is 22.2 Å². The summed E-state index contributed by atoms with van der Waals surface area (Å²) in [6.07, 6.45) is 3.29. The average molecular weight is 344 g/mol. The summed E-state index contributed by atoms with van der Waals surface area (Å²) in [7, 11) is 0. The van der Waals surface area contributed by atoms with Crippen LogP contribution in [0.2, 0.25) is 0 Å². The summed E-state index contributed by atoms with van der Waals surface area (Å²) >= 11 is 0. The van der Waals surface area contributed by atoms with E-state index in [0.717, 1.165) is 5.39 Å². The molecule has 3 rings (SSSR count). The fourth-order valence-electron chi connectivity index (χ4n) is 2.78. The summed E-state index contributed by atoms with van der Waals surface area (Å²) in [5, 5.41) is 32.1. The summed E-state index contributed by atoms with van der Waals surface area (Å²) in [6.45, 7) is -0.295. The number of carboxylic acid groups (broad SMARTS) is 2. The number of aromatic nitrogens is 1. The van der Waals surface area contributed by atoms with E-state index in [2.05, 4.69) is 6.07 Å². The van der Waals surface area contributed by atoms with Gasteiger partial charge in [-0.3, -0.25) is 0 Å². The molecule has 0 saturated carbocycles. The zero-order valence-electron chi connectivity index (χ0n) is 13.5. The number of carbonyl (C=O) groups excluding carboxylic acids is 2. The SMILES string of the molecule is N#C/C(=C\c1cn(CC(=O)[O-])c2ccccc12)c1ccc(C(=O)[O-])cc1. The summed E-state index contributed by atoms with van der Waals surface area (Å²) in [6, 6.07) is 15.1. The van der Waals surface area contributed by atoms with E-state index in [9.17, 15) is 25.1 Å². The second kappa shape index (κ2) is 6.95. The highest BCUT2D eigenvalue weighted by atomic mass is 16.4. The third kappa shape index (κ3) is 3.32. The first-order valence-electron chi connectivity index (χ1n) is 7.71. The van der Waals surface area contributed by atoms with E-state index in [1.165, 1.54) is 24.3 Å². The summed E-state index contributed by atoms with van der Waals surface area (Å²) in [5.41, 5.74) is 2.30. The van der Waals surface area contributed by atoms with Crippen LogP contribution in [0.4, 0.5) is 0 Å². The van der Waals surface area contributed by atoms with Crippen molar-refractivity contribution in [3.05, 3.63) is 71.4 Å². The van der Waals surface area contributed by atoms with Gasteiger partial charge in [0.15, 0.2) is 0 Å². The Morgan fingerprint density at radius 3 is 2.31 bits per heavy atom.